The molecular formula is C15H22O2. The van der Waals surface area contributed by atoms with E-state index in [0.717, 1.165) is 19.1 Å². The monoisotopic (exact) mass is 234 g/mol. The van der Waals surface area contributed by atoms with Crippen LogP contribution in [0.25, 0.3) is 0 Å². The van der Waals surface area contributed by atoms with E-state index >= 15 is 0 Å². The molecule has 0 aromatic heterocycles. The molecule has 0 bridgehead atoms. The number of hydrogen-bond acceptors (Lipinski definition) is 2. The molecule has 4 atom stereocenters. The molecular weight excluding hydrogens is 212 g/mol. The zero-order valence-corrected chi connectivity index (χ0v) is 10.8. The van der Waals surface area contributed by atoms with E-state index in [1.54, 1.807) is 0 Å². The molecule has 0 amide bonds. The van der Waals surface area contributed by atoms with Gasteiger partial charge in [0.05, 0.1) is 6.10 Å². The van der Waals surface area contributed by atoms with Gasteiger partial charge in [-0.25, -0.2) is 0 Å². The molecule has 0 aromatic rings. The Bertz CT molecular complexity index is 369. The lowest BCUT2D eigenvalue weighted by Gasteiger charge is -2.48. The van der Waals surface area contributed by atoms with E-state index in [0.29, 0.717) is 11.5 Å². The summed E-state index contributed by atoms with van der Waals surface area (Å²) in [5.41, 5.74) is 2.07. The van der Waals surface area contributed by atoms with Gasteiger partial charge < -0.3 is 5.11 Å². The van der Waals surface area contributed by atoms with E-state index in [1.165, 1.54) is 18.4 Å². The maximum Gasteiger partial charge on any atom is 0.145 e. The molecule has 94 valence electrons. The van der Waals surface area contributed by atoms with Crippen molar-refractivity contribution in [1.29, 1.82) is 0 Å². The second kappa shape index (κ2) is 4.41. The fourth-order valence-corrected chi connectivity index (χ4v) is 3.46. The lowest BCUT2D eigenvalue weighted by atomic mass is 9.57. The van der Waals surface area contributed by atoms with E-state index in [2.05, 4.69) is 20.4 Å². The van der Waals surface area contributed by atoms with Gasteiger partial charge in [-0.2, -0.15) is 0 Å². The number of aliphatic hydroxyl groups excluding tert-OH is 1. The summed E-state index contributed by atoms with van der Waals surface area (Å²) >= 11 is 0. The Hall–Kier alpha value is -0.890. The van der Waals surface area contributed by atoms with Crippen molar-refractivity contribution in [3.05, 3.63) is 23.8 Å². The fourth-order valence-electron chi connectivity index (χ4n) is 3.46. The first-order valence-electron chi connectivity index (χ1n) is 6.52. The molecule has 2 rings (SSSR count). The van der Waals surface area contributed by atoms with Gasteiger partial charge in [0.2, 0.25) is 0 Å². The third kappa shape index (κ3) is 1.99. The number of allylic oxidation sites excluding steroid dienone is 1. The second-order valence-corrected chi connectivity index (χ2v) is 5.90. The van der Waals surface area contributed by atoms with Gasteiger partial charge in [0.15, 0.2) is 0 Å². The van der Waals surface area contributed by atoms with Crippen molar-refractivity contribution in [1.82, 2.24) is 0 Å². The lowest BCUT2D eigenvalue weighted by Crippen LogP contribution is -2.41. The average molecular weight is 234 g/mol. The first kappa shape index (κ1) is 12.6. The van der Waals surface area contributed by atoms with Gasteiger partial charge in [-0.1, -0.05) is 32.1 Å². The van der Waals surface area contributed by atoms with Gasteiger partial charge in [0.1, 0.15) is 6.29 Å². The highest BCUT2D eigenvalue weighted by Gasteiger charge is 2.44. The molecule has 2 aliphatic carbocycles. The van der Waals surface area contributed by atoms with Crippen molar-refractivity contribution in [2.75, 3.05) is 0 Å². The van der Waals surface area contributed by atoms with Crippen LogP contribution in [0.5, 0.6) is 0 Å². The van der Waals surface area contributed by atoms with Gasteiger partial charge >= 0.3 is 0 Å². The van der Waals surface area contributed by atoms with Gasteiger partial charge in [-0.05, 0) is 42.6 Å². The lowest BCUT2D eigenvalue weighted by molar-refractivity contribution is -0.105. The number of fused-ring (bicyclic) bond motifs is 1. The minimum atomic E-state index is -0.527. The Morgan fingerprint density at radius 3 is 3.00 bits per heavy atom. The highest BCUT2D eigenvalue weighted by atomic mass is 16.3. The summed E-state index contributed by atoms with van der Waals surface area (Å²) in [6.45, 7) is 8.34. The number of hydrogen-bond donors (Lipinski definition) is 1. The third-order valence-electron chi connectivity index (χ3n) is 4.96. The van der Waals surface area contributed by atoms with Crippen LogP contribution in [0.3, 0.4) is 0 Å². The molecule has 0 unspecified atom stereocenters. The zero-order chi connectivity index (χ0) is 12.6. The van der Waals surface area contributed by atoms with E-state index in [-0.39, 0.29) is 11.3 Å². The van der Waals surface area contributed by atoms with Gasteiger partial charge in [0.25, 0.3) is 0 Å². The Morgan fingerprint density at radius 1 is 1.65 bits per heavy atom. The SMILES string of the molecule is C=C(C=O)[C@@H]1C[C@@]2(C)C(=C[C@H]1O)CCC[C@@H]2C. The molecule has 0 aromatic carbocycles. The Kier molecular flexibility index (Phi) is 3.26. The summed E-state index contributed by atoms with van der Waals surface area (Å²) in [5.74, 6) is 0.527. The van der Waals surface area contributed by atoms with Gasteiger partial charge in [-0.3, -0.25) is 4.79 Å². The summed E-state index contributed by atoms with van der Waals surface area (Å²) in [4.78, 5) is 10.9. The van der Waals surface area contributed by atoms with Crippen LogP contribution in [0, 0.1) is 17.3 Å². The molecule has 2 aliphatic rings. The predicted octanol–water partition coefficient (Wildman–Crippen LogP) is 2.88. The Labute approximate surface area is 103 Å². The van der Waals surface area contributed by atoms with Crippen molar-refractivity contribution in [2.45, 2.75) is 45.6 Å². The maximum atomic E-state index is 10.9. The molecule has 1 saturated carbocycles. The minimum Gasteiger partial charge on any atom is -0.388 e. The van der Waals surface area contributed by atoms with Crippen LogP contribution in [-0.4, -0.2) is 17.5 Å². The largest absolute Gasteiger partial charge is 0.388 e. The van der Waals surface area contributed by atoms with Gasteiger partial charge in [-0.15, -0.1) is 0 Å². The van der Waals surface area contributed by atoms with Crippen molar-refractivity contribution in [2.24, 2.45) is 17.3 Å². The van der Waals surface area contributed by atoms with Crippen LogP contribution in [0.1, 0.15) is 39.5 Å². The Morgan fingerprint density at radius 2 is 2.35 bits per heavy atom. The number of aldehydes is 1. The zero-order valence-electron chi connectivity index (χ0n) is 10.8. The molecule has 2 nitrogen and oxygen atoms in total. The molecule has 0 aliphatic heterocycles. The quantitative estimate of drug-likeness (QED) is 0.453. The van der Waals surface area contributed by atoms with Crippen molar-refractivity contribution >= 4 is 6.29 Å². The molecule has 0 saturated heterocycles. The summed E-state index contributed by atoms with van der Waals surface area (Å²) in [5, 5.41) is 10.1. The minimum absolute atomic E-state index is 0.0956. The van der Waals surface area contributed by atoms with E-state index in [1.807, 2.05) is 6.08 Å². The average Bonchev–Trinajstić information content (AvgIpc) is 2.31. The first-order valence-corrected chi connectivity index (χ1v) is 6.52. The summed E-state index contributed by atoms with van der Waals surface area (Å²) in [6, 6.07) is 0. The number of aliphatic hydroxyl groups is 1. The molecule has 2 heteroatoms. The summed E-state index contributed by atoms with van der Waals surface area (Å²) in [7, 11) is 0. The molecule has 0 radical (unpaired) electrons. The Balaban J connectivity index is 2.33. The van der Waals surface area contributed by atoms with Gasteiger partial charge in [0, 0.05) is 5.92 Å². The van der Waals surface area contributed by atoms with Crippen LogP contribution in [0.4, 0.5) is 0 Å². The van der Waals surface area contributed by atoms with E-state index in [4.69, 9.17) is 0 Å². The summed E-state index contributed by atoms with van der Waals surface area (Å²) in [6.07, 6.45) is 6.67. The highest BCUT2D eigenvalue weighted by molar-refractivity contribution is 5.73. The van der Waals surface area contributed by atoms with Crippen LogP contribution >= 0.6 is 0 Å². The normalized spacial score (nSPS) is 41.4. The summed E-state index contributed by atoms with van der Waals surface area (Å²) < 4.78 is 0. The van der Waals surface area contributed by atoms with Crippen molar-refractivity contribution in [3.8, 4) is 0 Å². The molecule has 1 N–H and O–H groups in total. The topological polar surface area (TPSA) is 37.3 Å². The second-order valence-electron chi connectivity index (χ2n) is 5.90. The van der Waals surface area contributed by atoms with Crippen molar-refractivity contribution in [3.63, 3.8) is 0 Å². The van der Waals surface area contributed by atoms with Crippen LogP contribution in [0.15, 0.2) is 23.8 Å². The van der Waals surface area contributed by atoms with Crippen LogP contribution in [0.2, 0.25) is 0 Å². The number of rotatable bonds is 2. The smallest absolute Gasteiger partial charge is 0.145 e. The molecule has 0 heterocycles. The highest BCUT2D eigenvalue weighted by Crippen LogP contribution is 2.52. The predicted molar refractivity (Wildman–Crippen MR) is 68.5 cm³/mol. The van der Waals surface area contributed by atoms with Crippen LogP contribution < -0.4 is 0 Å². The van der Waals surface area contributed by atoms with Crippen LogP contribution in [-0.2, 0) is 4.79 Å². The fraction of sp³-hybridized carbons (Fsp3) is 0.667. The van der Waals surface area contributed by atoms with E-state index in [9.17, 15) is 9.90 Å². The molecule has 17 heavy (non-hydrogen) atoms. The first-order chi connectivity index (χ1) is 7.99. The molecule has 1 fully saturated rings. The van der Waals surface area contributed by atoms with E-state index < -0.39 is 6.10 Å². The number of carbonyl (C=O) groups is 1. The maximum absolute atomic E-state index is 10.9. The number of carbonyl (C=O) groups excluding carboxylic acids is 1. The molecule has 0 spiro atoms. The third-order valence-corrected chi connectivity index (χ3v) is 4.96. The standard InChI is InChI=1S/C15H22O2/c1-10(9-16)13-8-15(3)11(2)5-4-6-12(15)7-14(13)17/h7,9,11,13-14,17H,1,4-6,8H2,2-3H3/t11-,13-,14+,15+/m0/s1. The van der Waals surface area contributed by atoms with Crippen molar-refractivity contribution < 1.29 is 9.90 Å².